The second kappa shape index (κ2) is 9.40. The van der Waals surface area contributed by atoms with Gasteiger partial charge >= 0.3 is 6.18 Å². The Morgan fingerprint density at radius 1 is 0.969 bits per heavy atom. The minimum atomic E-state index is -4.36. The molecular weight excluding hydrogens is 524 g/mol. The normalized spacial score (nSPS) is 11.6. The predicted octanol–water partition coefficient (Wildman–Crippen LogP) is 7.19. The van der Waals surface area contributed by atoms with Gasteiger partial charge in [0.2, 0.25) is 0 Å². The number of benzene rings is 3. The summed E-state index contributed by atoms with van der Waals surface area (Å²) in [5, 5.41) is 4.57. The molecule has 0 fully saturated rings. The molecule has 2 nitrogen and oxygen atoms in total. The first kappa shape index (κ1) is 22.5. The molecule has 0 saturated heterocycles. The van der Waals surface area contributed by atoms with E-state index in [0.29, 0.717) is 6.54 Å². The van der Waals surface area contributed by atoms with Crippen LogP contribution in [0.4, 0.5) is 13.2 Å². The molecule has 3 aromatic carbocycles. The first-order valence-electron chi connectivity index (χ1n) is 10.2. The van der Waals surface area contributed by atoms with E-state index in [0.717, 1.165) is 34.8 Å². The van der Waals surface area contributed by atoms with Gasteiger partial charge in [0, 0.05) is 32.9 Å². The van der Waals surface area contributed by atoms with Crippen LogP contribution in [-0.2, 0) is 19.0 Å². The molecule has 32 heavy (non-hydrogen) atoms. The van der Waals surface area contributed by atoms with Crippen molar-refractivity contribution in [3.63, 3.8) is 0 Å². The Morgan fingerprint density at radius 3 is 2.59 bits per heavy atom. The molecular formula is C26H22F3IN2. The van der Waals surface area contributed by atoms with Crippen LogP contribution in [0.2, 0.25) is 0 Å². The number of hydrogen-bond donors (Lipinski definition) is 2. The van der Waals surface area contributed by atoms with Crippen molar-refractivity contribution in [1.29, 1.82) is 0 Å². The van der Waals surface area contributed by atoms with Crippen LogP contribution >= 0.6 is 22.6 Å². The quantitative estimate of drug-likeness (QED) is 0.236. The molecule has 0 aliphatic rings. The van der Waals surface area contributed by atoms with Crippen molar-refractivity contribution in [3.05, 3.63) is 111 Å². The summed E-state index contributed by atoms with van der Waals surface area (Å²) in [4.78, 5) is 3.30. The maximum atomic E-state index is 13.3. The molecule has 164 valence electrons. The van der Waals surface area contributed by atoms with Crippen molar-refractivity contribution in [2.75, 3.05) is 6.54 Å². The van der Waals surface area contributed by atoms with E-state index in [2.05, 4.69) is 57.7 Å². The molecule has 0 bridgehead atoms. The summed E-state index contributed by atoms with van der Waals surface area (Å²) in [6.45, 7) is 4.83. The Hall–Kier alpha value is -2.74. The van der Waals surface area contributed by atoms with Crippen LogP contribution in [0.15, 0.2) is 79.5 Å². The number of rotatable bonds is 7. The highest BCUT2D eigenvalue weighted by atomic mass is 127. The Morgan fingerprint density at radius 2 is 1.78 bits per heavy atom. The molecule has 0 aliphatic heterocycles. The number of alkyl halides is 3. The zero-order valence-electron chi connectivity index (χ0n) is 17.3. The SMILES string of the molecule is C=C(NCCc1c[nH]c2ccc(I)cc12)c1cccc(Cc2ccccc2C(F)(F)F)c1. The fourth-order valence-electron chi connectivity index (χ4n) is 3.85. The molecule has 0 aliphatic carbocycles. The molecule has 0 saturated carbocycles. The van der Waals surface area contributed by atoms with Crippen LogP contribution < -0.4 is 5.32 Å². The van der Waals surface area contributed by atoms with Gasteiger partial charge in [0.15, 0.2) is 0 Å². The summed E-state index contributed by atoms with van der Waals surface area (Å²) in [6.07, 6.45) is -1.29. The Balaban J connectivity index is 1.42. The van der Waals surface area contributed by atoms with Gasteiger partial charge in [0.05, 0.1) is 5.56 Å². The van der Waals surface area contributed by atoms with Gasteiger partial charge in [-0.15, -0.1) is 0 Å². The lowest BCUT2D eigenvalue weighted by Gasteiger charge is -2.14. The first-order valence-corrected chi connectivity index (χ1v) is 11.3. The van der Waals surface area contributed by atoms with E-state index in [1.54, 1.807) is 6.07 Å². The third-order valence-electron chi connectivity index (χ3n) is 5.45. The smallest absolute Gasteiger partial charge is 0.385 e. The molecule has 4 rings (SSSR count). The minimum Gasteiger partial charge on any atom is -0.385 e. The number of hydrogen-bond acceptors (Lipinski definition) is 1. The van der Waals surface area contributed by atoms with Gasteiger partial charge < -0.3 is 10.3 Å². The van der Waals surface area contributed by atoms with Gasteiger partial charge in [-0.05, 0) is 88.0 Å². The van der Waals surface area contributed by atoms with Gasteiger partial charge in [-0.2, -0.15) is 13.2 Å². The standard InChI is InChI=1S/C26H22F3IN2/c1-17(31-12-11-21-16-32-25-10-9-22(30)15-23(21)25)19-7-4-5-18(13-19)14-20-6-2-3-8-24(20)26(27,28)29/h2-10,13,15-16,31-32H,1,11-12,14H2. The molecule has 1 heterocycles. The van der Waals surface area contributed by atoms with Crippen molar-refractivity contribution in [2.45, 2.75) is 19.0 Å². The van der Waals surface area contributed by atoms with E-state index >= 15 is 0 Å². The van der Waals surface area contributed by atoms with Crippen LogP contribution in [0.25, 0.3) is 16.6 Å². The summed E-state index contributed by atoms with van der Waals surface area (Å²) in [7, 11) is 0. The monoisotopic (exact) mass is 546 g/mol. The van der Waals surface area contributed by atoms with Crippen LogP contribution in [0.5, 0.6) is 0 Å². The molecule has 1 aromatic heterocycles. The third-order valence-corrected chi connectivity index (χ3v) is 6.13. The average Bonchev–Trinajstić information content (AvgIpc) is 3.15. The van der Waals surface area contributed by atoms with E-state index < -0.39 is 11.7 Å². The van der Waals surface area contributed by atoms with Crippen molar-refractivity contribution in [3.8, 4) is 0 Å². The van der Waals surface area contributed by atoms with Gasteiger partial charge in [0.1, 0.15) is 0 Å². The molecule has 0 atom stereocenters. The number of aromatic amines is 1. The molecule has 0 unspecified atom stereocenters. The number of H-pyrrole nitrogens is 1. The van der Waals surface area contributed by atoms with Crippen LogP contribution in [0.1, 0.15) is 27.8 Å². The highest BCUT2D eigenvalue weighted by Crippen LogP contribution is 2.33. The lowest BCUT2D eigenvalue weighted by molar-refractivity contribution is -0.138. The van der Waals surface area contributed by atoms with E-state index in [1.807, 2.05) is 30.5 Å². The maximum Gasteiger partial charge on any atom is 0.416 e. The highest BCUT2D eigenvalue weighted by Gasteiger charge is 2.32. The number of fused-ring (bicyclic) bond motifs is 1. The lowest BCUT2D eigenvalue weighted by Crippen LogP contribution is -2.15. The van der Waals surface area contributed by atoms with Gasteiger partial charge in [-0.25, -0.2) is 0 Å². The second-order valence-corrected chi connectivity index (χ2v) is 8.94. The predicted molar refractivity (Wildman–Crippen MR) is 132 cm³/mol. The van der Waals surface area contributed by atoms with E-state index in [9.17, 15) is 13.2 Å². The lowest BCUT2D eigenvalue weighted by atomic mass is 9.98. The highest BCUT2D eigenvalue weighted by molar-refractivity contribution is 14.1. The summed E-state index contributed by atoms with van der Waals surface area (Å²) in [5.41, 5.74) is 4.47. The Bertz CT molecular complexity index is 1260. The molecule has 0 radical (unpaired) electrons. The third kappa shape index (κ3) is 5.18. The Labute approximate surface area is 198 Å². The maximum absolute atomic E-state index is 13.3. The number of aromatic nitrogens is 1. The molecule has 0 spiro atoms. The molecule has 6 heteroatoms. The zero-order valence-corrected chi connectivity index (χ0v) is 19.4. The van der Waals surface area contributed by atoms with Gasteiger partial charge in [-0.1, -0.05) is 43.0 Å². The summed E-state index contributed by atoms with van der Waals surface area (Å²) < 4.78 is 41.1. The van der Waals surface area contributed by atoms with Crippen LogP contribution in [-0.4, -0.2) is 11.5 Å². The number of nitrogens with one attached hydrogen (secondary N) is 2. The van der Waals surface area contributed by atoms with E-state index in [4.69, 9.17) is 0 Å². The summed E-state index contributed by atoms with van der Waals surface area (Å²) in [5.74, 6) is 0. The van der Waals surface area contributed by atoms with Crippen molar-refractivity contribution in [2.24, 2.45) is 0 Å². The molecule has 0 amide bonds. The van der Waals surface area contributed by atoms with Crippen molar-refractivity contribution >= 4 is 39.2 Å². The average molecular weight is 546 g/mol. The summed E-state index contributed by atoms with van der Waals surface area (Å²) >= 11 is 2.31. The first-order chi connectivity index (χ1) is 15.3. The largest absolute Gasteiger partial charge is 0.416 e. The van der Waals surface area contributed by atoms with Crippen molar-refractivity contribution < 1.29 is 13.2 Å². The molecule has 2 N–H and O–H groups in total. The van der Waals surface area contributed by atoms with E-state index in [1.165, 1.54) is 26.7 Å². The van der Waals surface area contributed by atoms with Gasteiger partial charge in [-0.3, -0.25) is 0 Å². The fraction of sp³-hybridized carbons (Fsp3) is 0.154. The number of halogens is 4. The second-order valence-electron chi connectivity index (χ2n) is 7.69. The van der Waals surface area contributed by atoms with Crippen LogP contribution in [0.3, 0.4) is 0 Å². The zero-order chi connectivity index (χ0) is 22.7. The minimum absolute atomic E-state index is 0.213. The van der Waals surface area contributed by atoms with E-state index in [-0.39, 0.29) is 12.0 Å². The molecule has 4 aromatic rings. The van der Waals surface area contributed by atoms with Crippen LogP contribution in [0, 0.1) is 3.57 Å². The van der Waals surface area contributed by atoms with Gasteiger partial charge in [0.25, 0.3) is 0 Å². The van der Waals surface area contributed by atoms with Crippen molar-refractivity contribution in [1.82, 2.24) is 10.3 Å². The summed E-state index contributed by atoms with van der Waals surface area (Å²) in [6, 6.07) is 19.6. The Kier molecular flexibility index (Phi) is 6.60. The fourth-order valence-corrected chi connectivity index (χ4v) is 4.34. The topological polar surface area (TPSA) is 27.8 Å².